The highest BCUT2D eigenvalue weighted by atomic mass is 32.2. The topological polar surface area (TPSA) is 35.2 Å². The van der Waals surface area contributed by atoms with Gasteiger partial charge in [-0.3, -0.25) is 0 Å². The van der Waals surface area contributed by atoms with Gasteiger partial charge in [-0.15, -0.1) is 11.8 Å². The Balaban J connectivity index is 1.71. The maximum Gasteiger partial charge on any atom is 0.123 e. The second kappa shape index (κ2) is 7.20. The summed E-state index contributed by atoms with van der Waals surface area (Å²) in [6.45, 7) is 2.66. The van der Waals surface area contributed by atoms with Gasteiger partial charge in [0.15, 0.2) is 0 Å². The van der Waals surface area contributed by atoms with Gasteiger partial charge in [0.25, 0.3) is 0 Å². The van der Waals surface area contributed by atoms with Crippen LogP contribution in [0.5, 0.6) is 5.75 Å². The predicted octanol–water partition coefficient (Wildman–Crippen LogP) is 4.28. The molecule has 0 saturated carbocycles. The van der Waals surface area contributed by atoms with Crippen LogP contribution in [0.15, 0.2) is 47.4 Å². The van der Waals surface area contributed by atoms with E-state index < -0.39 is 0 Å². The molecule has 0 aliphatic rings. The van der Waals surface area contributed by atoms with Gasteiger partial charge in [-0.05, 0) is 55.3 Å². The molecule has 2 nitrogen and oxygen atoms in total. The van der Waals surface area contributed by atoms with Crippen molar-refractivity contribution in [3.05, 3.63) is 53.8 Å². The van der Waals surface area contributed by atoms with Gasteiger partial charge in [0, 0.05) is 16.3 Å². The lowest BCUT2D eigenvalue weighted by molar-refractivity contribution is 0.318. The van der Waals surface area contributed by atoms with Crippen molar-refractivity contribution in [3.63, 3.8) is 0 Å². The number of nitrogen functional groups attached to an aromatic ring is 1. The molecule has 2 aromatic rings. The van der Waals surface area contributed by atoms with Gasteiger partial charge in [-0.1, -0.05) is 6.07 Å². The minimum absolute atomic E-state index is 0.245. The number of hydrogen-bond acceptors (Lipinski definition) is 3. The average molecular weight is 291 g/mol. The first-order chi connectivity index (χ1) is 9.66. The first-order valence-electron chi connectivity index (χ1n) is 6.53. The third-order valence-electron chi connectivity index (χ3n) is 2.95. The fourth-order valence-corrected chi connectivity index (χ4v) is 2.74. The summed E-state index contributed by atoms with van der Waals surface area (Å²) in [5.41, 5.74) is 7.84. The van der Waals surface area contributed by atoms with Crippen molar-refractivity contribution in [1.29, 1.82) is 0 Å². The molecule has 0 fully saturated rings. The van der Waals surface area contributed by atoms with E-state index in [1.54, 1.807) is 23.9 Å². The fraction of sp³-hybridized carbons (Fsp3) is 0.250. The summed E-state index contributed by atoms with van der Waals surface area (Å²) in [7, 11) is 0. The van der Waals surface area contributed by atoms with Gasteiger partial charge in [-0.25, -0.2) is 4.39 Å². The highest BCUT2D eigenvalue weighted by Gasteiger charge is 2.02. The molecule has 0 atom stereocenters. The van der Waals surface area contributed by atoms with Crippen molar-refractivity contribution in [1.82, 2.24) is 0 Å². The van der Waals surface area contributed by atoms with E-state index in [2.05, 4.69) is 6.07 Å². The van der Waals surface area contributed by atoms with Crippen LogP contribution in [-0.2, 0) is 0 Å². The molecule has 0 radical (unpaired) electrons. The summed E-state index contributed by atoms with van der Waals surface area (Å²) in [5, 5.41) is 0. The van der Waals surface area contributed by atoms with Crippen molar-refractivity contribution < 1.29 is 9.13 Å². The zero-order valence-corrected chi connectivity index (χ0v) is 12.3. The molecule has 0 spiro atoms. The molecule has 2 rings (SSSR count). The molecule has 0 heterocycles. The second-order valence-corrected chi connectivity index (χ2v) is 5.61. The Bertz CT molecular complexity index is 557. The summed E-state index contributed by atoms with van der Waals surface area (Å²) < 4.78 is 18.3. The highest BCUT2D eigenvalue weighted by molar-refractivity contribution is 7.99. The quantitative estimate of drug-likeness (QED) is 0.490. The van der Waals surface area contributed by atoms with Crippen LogP contribution < -0.4 is 10.5 Å². The van der Waals surface area contributed by atoms with Crippen LogP contribution in [0, 0.1) is 12.7 Å². The number of rotatable bonds is 6. The molecule has 0 saturated heterocycles. The molecule has 2 N–H and O–H groups in total. The maximum absolute atomic E-state index is 12.7. The van der Waals surface area contributed by atoms with Gasteiger partial charge in [-0.2, -0.15) is 0 Å². The van der Waals surface area contributed by atoms with Crippen molar-refractivity contribution in [2.75, 3.05) is 18.1 Å². The van der Waals surface area contributed by atoms with Crippen LogP contribution in [-0.4, -0.2) is 12.4 Å². The highest BCUT2D eigenvalue weighted by Crippen LogP contribution is 2.26. The zero-order chi connectivity index (χ0) is 14.4. The Morgan fingerprint density at radius 2 is 1.90 bits per heavy atom. The largest absolute Gasteiger partial charge is 0.494 e. The smallest absolute Gasteiger partial charge is 0.123 e. The maximum atomic E-state index is 12.7. The van der Waals surface area contributed by atoms with Crippen LogP contribution in [0.1, 0.15) is 12.0 Å². The van der Waals surface area contributed by atoms with E-state index in [9.17, 15) is 4.39 Å². The van der Waals surface area contributed by atoms with E-state index in [-0.39, 0.29) is 5.82 Å². The Morgan fingerprint density at radius 3 is 2.65 bits per heavy atom. The SMILES string of the molecule is Cc1c(N)cccc1SCCCOc1ccc(F)cc1. The lowest BCUT2D eigenvalue weighted by atomic mass is 10.2. The summed E-state index contributed by atoms with van der Waals surface area (Å²) in [6.07, 6.45) is 0.927. The first-order valence-corrected chi connectivity index (χ1v) is 7.51. The zero-order valence-electron chi connectivity index (χ0n) is 11.4. The van der Waals surface area contributed by atoms with Crippen LogP contribution in [0.2, 0.25) is 0 Å². The van der Waals surface area contributed by atoms with Crippen LogP contribution >= 0.6 is 11.8 Å². The minimum Gasteiger partial charge on any atom is -0.494 e. The number of hydrogen-bond donors (Lipinski definition) is 1. The van der Waals surface area contributed by atoms with Gasteiger partial charge in [0.2, 0.25) is 0 Å². The molecule has 0 aliphatic heterocycles. The molecule has 106 valence electrons. The molecule has 0 bridgehead atoms. The number of halogens is 1. The van der Waals surface area contributed by atoms with Crippen molar-refractivity contribution in [2.45, 2.75) is 18.2 Å². The van der Waals surface area contributed by atoms with Gasteiger partial charge < -0.3 is 10.5 Å². The van der Waals surface area contributed by atoms with Crippen molar-refractivity contribution in [3.8, 4) is 5.75 Å². The first kappa shape index (κ1) is 14.7. The summed E-state index contributed by atoms with van der Waals surface area (Å²) in [6, 6.07) is 12.1. The van der Waals surface area contributed by atoms with E-state index in [1.165, 1.54) is 17.0 Å². The molecule has 2 aromatic carbocycles. The molecular formula is C16H18FNOS. The van der Waals surface area contributed by atoms with E-state index in [4.69, 9.17) is 10.5 Å². The lowest BCUT2D eigenvalue weighted by Crippen LogP contribution is -1.99. The monoisotopic (exact) mass is 291 g/mol. The van der Waals surface area contributed by atoms with Gasteiger partial charge >= 0.3 is 0 Å². The molecule has 0 aromatic heterocycles. The second-order valence-electron chi connectivity index (χ2n) is 4.47. The minimum atomic E-state index is -0.245. The van der Waals surface area contributed by atoms with Gasteiger partial charge in [0.1, 0.15) is 11.6 Å². The van der Waals surface area contributed by atoms with E-state index in [1.807, 2.05) is 19.1 Å². The summed E-state index contributed by atoms with van der Waals surface area (Å²) in [5.74, 6) is 1.42. The molecule has 4 heteroatoms. The number of ether oxygens (including phenoxy) is 1. The number of benzene rings is 2. The average Bonchev–Trinajstić information content (AvgIpc) is 2.45. The van der Waals surface area contributed by atoms with E-state index >= 15 is 0 Å². The summed E-state index contributed by atoms with van der Waals surface area (Å²) >= 11 is 1.78. The standard InChI is InChI=1S/C16H18FNOS/c1-12-15(18)4-2-5-16(12)20-11-3-10-19-14-8-6-13(17)7-9-14/h2,4-9H,3,10-11,18H2,1H3. The van der Waals surface area contributed by atoms with E-state index in [0.717, 1.165) is 23.4 Å². The Kier molecular flexibility index (Phi) is 5.30. The van der Waals surface area contributed by atoms with Crippen molar-refractivity contribution in [2.24, 2.45) is 0 Å². The number of thioether (sulfide) groups is 1. The van der Waals surface area contributed by atoms with Crippen LogP contribution in [0.3, 0.4) is 0 Å². The van der Waals surface area contributed by atoms with Crippen LogP contribution in [0.4, 0.5) is 10.1 Å². The molecule has 20 heavy (non-hydrogen) atoms. The van der Waals surface area contributed by atoms with Crippen molar-refractivity contribution >= 4 is 17.4 Å². The fourth-order valence-electron chi connectivity index (χ4n) is 1.75. The Morgan fingerprint density at radius 1 is 1.15 bits per heavy atom. The summed E-state index contributed by atoms with van der Waals surface area (Å²) in [4.78, 5) is 1.21. The molecule has 0 amide bonds. The molecule has 0 unspecified atom stereocenters. The predicted molar refractivity (Wildman–Crippen MR) is 82.8 cm³/mol. The number of anilines is 1. The van der Waals surface area contributed by atoms with E-state index in [0.29, 0.717) is 12.4 Å². The third kappa shape index (κ3) is 4.17. The lowest BCUT2D eigenvalue weighted by Gasteiger charge is -2.08. The molecule has 0 aliphatic carbocycles. The third-order valence-corrected chi connectivity index (χ3v) is 4.20. The molecular weight excluding hydrogens is 273 g/mol. The Labute approximate surface area is 123 Å². The normalized spacial score (nSPS) is 10.5. The number of nitrogens with two attached hydrogens (primary N) is 1. The Hall–Kier alpha value is -1.68. The van der Waals surface area contributed by atoms with Crippen LogP contribution in [0.25, 0.3) is 0 Å². The van der Waals surface area contributed by atoms with Gasteiger partial charge in [0.05, 0.1) is 6.61 Å².